The smallest absolute Gasteiger partial charge is 0.225 e. The van der Waals surface area contributed by atoms with Crippen molar-refractivity contribution in [3.8, 4) is 0 Å². The summed E-state index contributed by atoms with van der Waals surface area (Å²) in [5, 5.41) is 4.14. The van der Waals surface area contributed by atoms with Crippen molar-refractivity contribution in [2.75, 3.05) is 16.8 Å². The van der Waals surface area contributed by atoms with E-state index in [0.29, 0.717) is 22.4 Å². The number of nitrogens with two attached hydrogens (primary N) is 1. The Morgan fingerprint density at radius 2 is 2.16 bits per heavy atom. The summed E-state index contributed by atoms with van der Waals surface area (Å²) in [5.41, 5.74) is 7.61. The maximum absolute atomic E-state index is 13.1. The van der Waals surface area contributed by atoms with Crippen molar-refractivity contribution in [1.82, 2.24) is 9.97 Å². The molecule has 0 aliphatic carbocycles. The van der Waals surface area contributed by atoms with Crippen LogP contribution in [0.3, 0.4) is 0 Å². The van der Waals surface area contributed by atoms with Gasteiger partial charge >= 0.3 is 0 Å². The standard InChI is InChI=1S/C17H17FN4OS2/c1-9-10(2)25-16-14(9)15(19)21-17(22-16)24-7-6-13(23)20-12-5-3-4-11(18)8-12/h3-5,8H,6-7H2,1-2H3,(H,20,23)(H2,19,21,22). The lowest BCUT2D eigenvalue weighted by Crippen LogP contribution is -2.12. The molecule has 2 heterocycles. The van der Waals surface area contributed by atoms with Crippen LogP contribution < -0.4 is 11.1 Å². The number of thioether (sulfide) groups is 1. The predicted molar refractivity (Wildman–Crippen MR) is 102 cm³/mol. The van der Waals surface area contributed by atoms with E-state index in [9.17, 15) is 9.18 Å². The molecule has 0 aliphatic rings. The van der Waals surface area contributed by atoms with Gasteiger partial charge in [0.15, 0.2) is 5.16 Å². The van der Waals surface area contributed by atoms with E-state index in [4.69, 9.17) is 5.73 Å². The molecule has 2 aromatic heterocycles. The normalized spacial score (nSPS) is 11.0. The van der Waals surface area contributed by atoms with Crippen LogP contribution in [0.4, 0.5) is 15.9 Å². The second kappa shape index (κ2) is 7.37. The third-order valence-electron chi connectivity index (χ3n) is 3.70. The van der Waals surface area contributed by atoms with Gasteiger partial charge in [0.05, 0.1) is 5.39 Å². The van der Waals surface area contributed by atoms with Gasteiger partial charge in [-0.25, -0.2) is 14.4 Å². The van der Waals surface area contributed by atoms with Crippen molar-refractivity contribution in [1.29, 1.82) is 0 Å². The number of aromatic nitrogens is 2. The number of benzene rings is 1. The number of carbonyl (C=O) groups is 1. The Balaban J connectivity index is 1.60. The average Bonchev–Trinajstić information content (AvgIpc) is 2.82. The molecule has 3 rings (SSSR count). The molecule has 0 bridgehead atoms. The number of anilines is 2. The molecule has 0 radical (unpaired) electrons. The van der Waals surface area contributed by atoms with E-state index < -0.39 is 0 Å². The van der Waals surface area contributed by atoms with Gasteiger partial charge in [-0.2, -0.15) is 0 Å². The van der Waals surface area contributed by atoms with E-state index in [1.807, 2.05) is 13.8 Å². The van der Waals surface area contributed by atoms with Gasteiger partial charge < -0.3 is 11.1 Å². The largest absolute Gasteiger partial charge is 0.383 e. The molecular weight excluding hydrogens is 359 g/mol. The lowest BCUT2D eigenvalue weighted by Gasteiger charge is -2.05. The van der Waals surface area contributed by atoms with Crippen molar-refractivity contribution in [2.24, 2.45) is 0 Å². The first kappa shape index (κ1) is 17.6. The molecule has 0 atom stereocenters. The second-order valence-corrected chi connectivity index (χ2v) is 7.78. The SMILES string of the molecule is Cc1sc2nc(SCCC(=O)Nc3cccc(F)c3)nc(N)c2c1C. The van der Waals surface area contributed by atoms with Gasteiger partial charge in [-0.15, -0.1) is 11.3 Å². The molecule has 5 nitrogen and oxygen atoms in total. The van der Waals surface area contributed by atoms with Gasteiger partial charge in [0, 0.05) is 22.7 Å². The lowest BCUT2D eigenvalue weighted by atomic mass is 10.2. The molecule has 0 spiro atoms. The van der Waals surface area contributed by atoms with Crippen LogP contribution in [0.5, 0.6) is 0 Å². The molecule has 0 saturated carbocycles. The zero-order valence-corrected chi connectivity index (χ0v) is 15.4. The number of halogens is 1. The van der Waals surface area contributed by atoms with E-state index in [1.54, 1.807) is 23.5 Å². The van der Waals surface area contributed by atoms with Gasteiger partial charge in [0.25, 0.3) is 0 Å². The van der Waals surface area contributed by atoms with Gasteiger partial charge in [-0.05, 0) is 37.6 Å². The van der Waals surface area contributed by atoms with Gasteiger partial charge in [-0.3, -0.25) is 4.79 Å². The van der Waals surface area contributed by atoms with Crippen LogP contribution in [0.25, 0.3) is 10.2 Å². The highest BCUT2D eigenvalue weighted by molar-refractivity contribution is 7.99. The minimum atomic E-state index is -0.383. The van der Waals surface area contributed by atoms with E-state index in [2.05, 4.69) is 15.3 Å². The number of aryl methyl sites for hydroxylation is 2. The molecule has 0 unspecified atom stereocenters. The van der Waals surface area contributed by atoms with Gasteiger partial charge in [0.2, 0.25) is 5.91 Å². The number of hydrogen-bond acceptors (Lipinski definition) is 6. The molecule has 8 heteroatoms. The molecular formula is C17H17FN4OS2. The fourth-order valence-corrected chi connectivity index (χ4v) is 4.23. The maximum atomic E-state index is 13.1. The quantitative estimate of drug-likeness (QED) is 0.516. The Morgan fingerprint density at radius 3 is 2.92 bits per heavy atom. The highest BCUT2D eigenvalue weighted by atomic mass is 32.2. The Hall–Kier alpha value is -2.19. The lowest BCUT2D eigenvalue weighted by molar-refractivity contribution is -0.115. The molecule has 1 amide bonds. The van der Waals surface area contributed by atoms with Crippen molar-refractivity contribution in [3.05, 3.63) is 40.5 Å². The molecule has 3 N–H and O–H groups in total. The van der Waals surface area contributed by atoms with Crippen molar-refractivity contribution >= 4 is 50.7 Å². The average molecular weight is 376 g/mol. The van der Waals surface area contributed by atoms with E-state index in [-0.39, 0.29) is 18.1 Å². The van der Waals surface area contributed by atoms with E-state index in [1.165, 1.54) is 28.8 Å². The maximum Gasteiger partial charge on any atom is 0.225 e. The first-order valence-electron chi connectivity index (χ1n) is 7.65. The monoisotopic (exact) mass is 376 g/mol. The first-order valence-corrected chi connectivity index (χ1v) is 9.45. The predicted octanol–water partition coefficient (Wildman–Crippen LogP) is 4.15. The number of amides is 1. The summed E-state index contributed by atoms with van der Waals surface area (Å²) < 4.78 is 13.1. The molecule has 0 aliphatic heterocycles. The highest BCUT2D eigenvalue weighted by Crippen LogP contribution is 2.33. The zero-order valence-electron chi connectivity index (χ0n) is 13.8. The van der Waals surface area contributed by atoms with Crippen molar-refractivity contribution in [2.45, 2.75) is 25.4 Å². The number of carbonyl (C=O) groups excluding carboxylic acids is 1. The molecule has 0 saturated heterocycles. The highest BCUT2D eigenvalue weighted by Gasteiger charge is 2.13. The van der Waals surface area contributed by atoms with Crippen LogP contribution in [-0.4, -0.2) is 21.6 Å². The summed E-state index contributed by atoms with van der Waals surface area (Å²) in [6.07, 6.45) is 0.269. The number of nitrogens with zero attached hydrogens (tertiary/aromatic N) is 2. The summed E-state index contributed by atoms with van der Waals surface area (Å²) in [4.78, 5) is 22.8. The van der Waals surface area contributed by atoms with Crippen LogP contribution in [0, 0.1) is 19.7 Å². The first-order chi connectivity index (χ1) is 11.9. The van der Waals surface area contributed by atoms with E-state index in [0.717, 1.165) is 15.8 Å². The molecule has 25 heavy (non-hydrogen) atoms. The fraction of sp³-hybridized carbons (Fsp3) is 0.235. The summed E-state index contributed by atoms with van der Waals surface area (Å²) in [5.74, 6) is 0.412. The summed E-state index contributed by atoms with van der Waals surface area (Å²) in [6.45, 7) is 4.04. The Bertz CT molecular complexity index is 942. The molecule has 130 valence electrons. The van der Waals surface area contributed by atoms with Crippen LogP contribution in [0.15, 0.2) is 29.4 Å². The minimum Gasteiger partial charge on any atom is -0.383 e. The third kappa shape index (κ3) is 4.08. The third-order valence-corrected chi connectivity index (χ3v) is 5.65. The number of rotatable bonds is 5. The Kier molecular flexibility index (Phi) is 5.19. The van der Waals surface area contributed by atoms with Crippen LogP contribution in [0.1, 0.15) is 16.9 Å². The number of fused-ring (bicyclic) bond motifs is 1. The number of hydrogen-bond donors (Lipinski definition) is 2. The van der Waals surface area contributed by atoms with E-state index >= 15 is 0 Å². The fourth-order valence-electron chi connectivity index (χ4n) is 2.35. The minimum absolute atomic E-state index is 0.185. The van der Waals surface area contributed by atoms with Gasteiger partial charge in [-0.1, -0.05) is 17.8 Å². The van der Waals surface area contributed by atoms with Crippen LogP contribution in [-0.2, 0) is 4.79 Å². The van der Waals surface area contributed by atoms with Crippen LogP contribution in [0.2, 0.25) is 0 Å². The molecule has 3 aromatic rings. The molecule has 1 aromatic carbocycles. The number of thiophene rings is 1. The second-order valence-electron chi connectivity index (χ2n) is 5.51. The summed E-state index contributed by atoms with van der Waals surface area (Å²) in [6, 6.07) is 5.81. The summed E-state index contributed by atoms with van der Waals surface area (Å²) >= 11 is 2.97. The van der Waals surface area contributed by atoms with Gasteiger partial charge in [0.1, 0.15) is 16.5 Å². The number of nitrogen functional groups attached to an aromatic ring is 1. The molecule has 0 fully saturated rings. The Labute approximate surface area is 152 Å². The van der Waals surface area contributed by atoms with Crippen LogP contribution >= 0.6 is 23.1 Å². The van der Waals surface area contributed by atoms with Crippen molar-refractivity contribution in [3.63, 3.8) is 0 Å². The Morgan fingerprint density at radius 1 is 1.36 bits per heavy atom. The topological polar surface area (TPSA) is 80.9 Å². The number of nitrogens with one attached hydrogen (secondary N) is 1. The zero-order chi connectivity index (χ0) is 18.0. The van der Waals surface area contributed by atoms with Crippen molar-refractivity contribution < 1.29 is 9.18 Å². The summed E-state index contributed by atoms with van der Waals surface area (Å²) in [7, 11) is 0.